The Morgan fingerprint density at radius 2 is 2.40 bits per heavy atom. The first-order chi connectivity index (χ1) is 4.83. The van der Waals surface area contributed by atoms with E-state index in [0.29, 0.717) is 0 Å². The molecule has 7 heteroatoms. The van der Waals surface area contributed by atoms with Crippen molar-refractivity contribution in [2.24, 2.45) is 20.6 Å². The van der Waals surface area contributed by atoms with E-state index in [-0.39, 0.29) is 12.4 Å². The number of amidine groups is 1. The molecule has 0 radical (unpaired) electrons. The SMILES string of the molecule is N=N/N=C1\COC(=O)N=N1. The summed E-state index contributed by atoms with van der Waals surface area (Å²) in [7, 11) is 0. The molecule has 0 aliphatic carbocycles. The van der Waals surface area contributed by atoms with Gasteiger partial charge in [0.15, 0.2) is 6.61 Å². The van der Waals surface area contributed by atoms with Crippen molar-refractivity contribution in [1.29, 1.82) is 5.53 Å². The van der Waals surface area contributed by atoms with E-state index in [9.17, 15) is 4.79 Å². The molecule has 1 aliphatic heterocycles. The molecule has 0 aromatic rings. The van der Waals surface area contributed by atoms with E-state index in [1.165, 1.54) is 0 Å². The molecule has 52 valence electrons. The van der Waals surface area contributed by atoms with Crippen LogP contribution in [-0.4, -0.2) is 18.5 Å². The van der Waals surface area contributed by atoms with E-state index in [2.05, 4.69) is 25.3 Å². The van der Waals surface area contributed by atoms with Crippen molar-refractivity contribution in [3.05, 3.63) is 0 Å². The quantitative estimate of drug-likeness (QED) is 0.433. The molecule has 1 heterocycles. The lowest BCUT2D eigenvalue weighted by atomic mass is 10.6. The number of hydrogen-bond donors (Lipinski definition) is 1. The number of rotatable bonds is 1. The Hall–Kier alpha value is -1.66. The number of carbonyl (C=O) groups excluding carboxylic acids is 1. The highest BCUT2D eigenvalue weighted by Crippen LogP contribution is 1.97. The molecule has 1 rings (SSSR count). The number of carbonyl (C=O) groups is 1. The number of ether oxygens (including phenoxy) is 1. The molecular formula is C3H3N5O2. The van der Waals surface area contributed by atoms with E-state index in [4.69, 9.17) is 5.53 Å². The molecule has 1 N–H and O–H groups in total. The molecule has 0 aromatic heterocycles. The van der Waals surface area contributed by atoms with Crippen LogP contribution in [0, 0.1) is 5.53 Å². The summed E-state index contributed by atoms with van der Waals surface area (Å²) in [5.41, 5.74) is 6.28. The van der Waals surface area contributed by atoms with Gasteiger partial charge in [0, 0.05) is 0 Å². The minimum absolute atomic E-state index is 0.0648. The van der Waals surface area contributed by atoms with Crippen LogP contribution in [0.25, 0.3) is 0 Å². The molecule has 0 fully saturated rings. The Kier molecular flexibility index (Phi) is 1.78. The average Bonchev–Trinajstić information content (AvgIpc) is 1.95. The maximum atomic E-state index is 10.2. The third-order valence-corrected chi connectivity index (χ3v) is 0.737. The molecule has 0 spiro atoms. The predicted octanol–water partition coefficient (Wildman–Crippen LogP) is 0.933. The van der Waals surface area contributed by atoms with E-state index in [1.54, 1.807) is 0 Å². The van der Waals surface area contributed by atoms with Gasteiger partial charge in [0.2, 0.25) is 5.84 Å². The molecule has 10 heavy (non-hydrogen) atoms. The first kappa shape index (κ1) is 6.46. The monoisotopic (exact) mass is 141 g/mol. The normalized spacial score (nSPS) is 20.8. The van der Waals surface area contributed by atoms with Crippen molar-refractivity contribution in [1.82, 2.24) is 0 Å². The highest BCUT2D eigenvalue weighted by Gasteiger charge is 2.10. The molecule has 7 nitrogen and oxygen atoms in total. The summed E-state index contributed by atoms with van der Waals surface area (Å²) >= 11 is 0. The fraction of sp³-hybridized carbons (Fsp3) is 0.333. The molecule has 0 unspecified atom stereocenters. The van der Waals surface area contributed by atoms with Crippen LogP contribution in [0.15, 0.2) is 20.6 Å². The second kappa shape index (κ2) is 2.76. The zero-order chi connectivity index (χ0) is 7.40. The second-order valence-electron chi connectivity index (χ2n) is 1.37. The third-order valence-electron chi connectivity index (χ3n) is 0.737. The van der Waals surface area contributed by atoms with Gasteiger partial charge < -0.3 is 4.74 Å². The van der Waals surface area contributed by atoms with Gasteiger partial charge in [0.05, 0.1) is 0 Å². The second-order valence-corrected chi connectivity index (χ2v) is 1.37. The average molecular weight is 141 g/mol. The fourth-order valence-electron chi connectivity index (χ4n) is 0.389. The third kappa shape index (κ3) is 1.41. The maximum Gasteiger partial charge on any atom is 0.452 e. The Balaban J connectivity index is 2.69. The Bertz CT molecular complexity index is 219. The molecule has 1 amide bonds. The summed E-state index contributed by atoms with van der Waals surface area (Å²) in [6.07, 6.45) is -0.746. The molecule has 0 aromatic carbocycles. The van der Waals surface area contributed by atoms with Crippen molar-refractivity contribution < 1.29 is 9.53 Å². The fourth-order valence-corrected chi connectivity index (χ4v) is 0.389. The number of hydrogen-bond acceptors (Lipinski definition) is 4. The van der Waals surface area contributed by atoms with Crippen molar-refractivity contribution in [3.8, 4) is 0 Å². The topological polar surface area (TPSA) is 99.6 Å². The Labute approximate surface area is 55.3 Å². The Morgan fingerprint density at radius 3 is 2.90 bits per heavy atom. The summed E-state index contributed by atoms with van der Waals surface area (Å²) in [5.74, 6) is 0.120. The van der Waals surface area contributed by atoms with E-state index >= 15 is 0 Å². The van der Waals surface area contributed by atoms with Crippen LogP contribution in [0.5, 0.6) is 0 Å². The van der Waals surface area contributed by atoms with Gasteiger partial charge in [-0.1, -0.05) is 10.3 Å². The van der Waals surface area contributed by atoms with Crippen molar-refractivity contribution >= 4 is 11.9 Å². The highest BCUT2D eigenvalue weighted by molar-refractivity contribution is 5.88. The van der Waals surface area contributed by atoms with Crippen LogP contribution in [0.4, 0.5) is 4.79 Å². The molecule has 0 atom stereocenters. The van der Waals surface area contributed by atoms with Crippen LogP contribution < -0.4 is 0 Å². The van der Waals surface area contributed by atoms with Crippen molar-refractivity contribution in [2.45, 2.75) is 0 Å². The lowest BCUT2D eigenvalue weighted by Gasteiger charge is -2.01. The van der Waals surface area contributed by atoms with E-state index in [1.807, 2.05) is 0 Å². The molecule has 0 saturated carbocycles. The van der Waals surface area contributed by atoms with E-state index < -0.39 is 6.09 Å². The van der Waals surface area contributed by atoms with Gasteiger partial charge in [0.1, 0.15) is 0 Å². The number of azo groups is 1. The summed E-state index contributed by atoms with van der Waals surface area (Å²) in [4.78, 5) is 10.2. The van der Waals surface area contributed by atoms with Gasteiger partial charge in [-0.05, 0) is 0 Å². The zero-order valence-electron chi connectivity index (χ0n) is 4.81. The van der Waals surface area contributed by atoms with Crippen LogP contribution in [0.3, 0.4) is 0 Å². The largest absolute Gasteiger partial charge is 0.452 e. The summed E-state index contributed by atoms with van der Waals surface area (Å²) in [6, 6.07) is 0. The van der Waals surface area contributed by atoms with Crippen LogP contribution in [0.1, 0.15) is 0 Å². The molecule has 1 aliphatic rings. The number of nitrogens with one attached hydrogen (secondary N) is 1. The number of nitrogens with zero attached hydrogens (tertiary/aromatic N) is 4. The molecular weight excluding hydrogens is 138 g/mol. The summed E-state index contributed by atoms with van der Waals surface area (Å²) in [6.45, 7) is -0.0648. The first-order valence-electron chi connectivity index (χ1n) is 2.34. The standard InChI is InChI=1S/C3H3N5O2/c4-8-6-2-1-10-3(9)7-5-2/h4H,1H2/b6-2+,8-4?. The smallest absolute Gasteiger partial charge is 0.438 e. The lowest BCUT2D eigenvalue weighted by molar-refractivity contribution is 0.167. The van der Waals surface area contributed by atoms with Gasteiger partial charge in [-0.15, -0.1) is 10.2 Å². The van der Waals surface area contributed by atoms with Gasteiger partial charge in [0.25, 0.3) is 0 Å². The summed E-state index contributed by atoms with van der Waals surface area (Å²) in [5, 5.41) is 12.2. The van der Waals surface area contributed by atoms with E-state index in [0.717, 1.165) is 0 Å². The van der Waals surface area contributed by atoms with Gasteiger partial charge in [-0.25, -0.2) is 4.79 Å². The van der Waals surface area contributed by atoms with Crippen LogP contribution in [0.2, 0.25) is 0 Å². The maximum absolute atomic E-state index is 10.2. The van der Waals surface area contributed by atoms with Gasteiger partial charge in [-0.2, -0.15) is 5.53 Å². The minimum Gasteiger partial charge on any atom is -0.438 e. The highest BCUT2D eigenvalue weighted by atomic mass is 16.6. The number of cyclic esters (lactones) is 1. The molecule has 0 bridgehead atoms. The van der Waals surface area contributed by atoms with Crippen LogP contribution in [-0.2, 0) is 4.74 Å². The number of amides is 1. The lowest BCUT2D eigenvalue weighted by Crippen LogP contribution is -2.13. The zero-order valence-corrected chi connectivity index (χ0v) is 4.81. The Morgan fingerprint density at radius 1 is 1.60 bits per heavy atom. The van der Waals surface area contributed by atoms with Gasteiger partial charge in [-0.3, -0.25) is 0 Å². The predicted molar refractivity (Wildman–Crippen MR) is 28.8 cm³/mol. The first-order valence-corrected chi connectivity index (χ1v) is 2.34. The van der Waals surface area contributed by atoms with Crippen molar-refractivity contribution in [3.63, 3.8) is 0 Å². The molecule has 0 saturated heterocycles. The summed E-state index contributed by atoms with van der Waals surface area (Å²) < 4.78 is 4.37. The van der Waals surface area contributed by atoms with Crippen molar-refractivity contribution in [2.75, 3.05) is 6.61 Å². The van der Waals surface area contributed by atoms with Gasteiger partial charge >= 0.3 is 6.09 Å². The minimum atomic E-state index is -0.746. The van der Waals surface area contributed by atoms with Crippen LogP contribution >= 0.6 is 0 Å².